The molecule has 2 fully saturated rings. The molecule has 2 aromatic carbocycles. The molecule has 166 valence electrons. The standard InChI is InChI=1S/C23H26ClFN2O3S/c24-21-10-9-18(16-22(21)31(29,30)26-11-2-1-3-12-26)23(28)27-13-5-8-20(27)15-17-6-4-7-19(25)14-17/h4,6-7,9-10,14,16,20H,1-3,5,8,11-13,15H2. The lowest BCUT2D eigenvalue weighted by Gasteiger charge is -2.27. The minimum absolute atomic E-state index is 0.0113. The molecule has 0 saturated carbocycles. The van der Waals surface area contributed by atoms with Gasteiger partial charge in [0.2, 0.25) is 10.0 Å². The van der Waals surface area contributed by atoms with Crippen molar-refractivity contribution in [2.24, 2.45) is 0 Å². The largest absolute Gasteiger partial charge is 0.335 e. The Morgan fingerprint density at radius 1 is 1.03 bits per heavy atom. The number of piperidine rings is 1. The van der Waals surface area contributed by atoms with E-state index in [0.717, 1.165) is 37.7 Å². The highest BCUT2D eigenvalue weighted by atomic mass is 35.5. The van der Waals surface area contributed by atoms with Crippen molar-refractivity contribution >= 4 is 27.5 Å². The van der Waals surface area contributed by atoms with E-state index in [9.17, 15) is 17.6 Å². The van der Waals surface area contributed by atoms with Crippen LogP contribution in [-0.4, -0.2) is 49.2 Å². The molecule has 2 heterocycles. The number of amides is 1. The van der Waals surface area contributed by atoms with Crippen LogP contribution in [-0.2, 0) is 16.4 Å². The zero-order valence-electron chi connectivity index (χ0n) is 17.3. The molecule has 0 aromatic heterocycles. The number of likely N-dealkylation sites (tertiary alicyclic amines) is 1. The Morgan fingerprint density at radius 2 is 1.81 bits per heavy atom. The van der Waals surface area contributed by atoms with Crippen LogP contribution in [0.4, 0.5) is 4.39 Å². The molecule has 8 heteroatoms. The summed E-state index contributed by atoms with van der Waals surface area (Å²) >= 11 is 6.25. The van der Waals surface area contributed by atoms with Crippen molar-refractivity contribution in [3.8, 4) is 0 Å². The summed E-state index contributed by atoms with van der Waals surface area (Å²) in [5.41, 5.74) is 1.15. The molecule has 2 aliphatic rings. The highest BCUT2D eigenvalue weighted by Gasteiger charge is 2.32. The van der Waals surface area contributed by atoms with Gasteiger partial charge in [0.15, 0.2) is 0 Å². The fourth-order valence-electron chi connectivity index (χ4n) is 4.50. The van der Waals surface area contributed by atoms with Crippen molar-refractivity contribution in [1.29, 1.82) is 0 Å². The van der Waals surface area contributed by atoms with E-state index < -0.39 is 10.0 Å². The molecule has 4 rings (SSSR count). The minimum Gasteiger partial charge on any atom is -0.335 e. The maximum atomic E-state index is 13.6. The van der Waals surface area contributed by atoms with Gasteiger partial charge in [-0.15, -0.1) is 0 Å². The van der Waals surface area contributed by atoms with E-state index >= 15 is 0 Å². The van der Waals surface area contributed by atoms with Gasteiger partial charge in [0.25, 0.3) is 5.91 Å². The molecule has 2 aliphatic heterocycles. The average Bonchev–Trinajstić information content (AvgIpc) is 3.22. The first-order valence-electron chi connectivity index (χ1n) is 10.7. The highest BCUT2D eigenvalue weighted by molar-refractivity contribution is 7.89. The van der Waals surface area contributed by atoms with E-state index in [1.807, 2.05) is 6.07 Å². The number of halogens is 2. The average molecular weight is 465 g/mol. The van der Waals surface area contributed by atoms with E-state index in [1.54, 1.807) is 17.0 Å². The minimum atomic E-state index is -3.75. The Morgan fingerprint density at radius 3 is 2.55 bits per heavy atom. The van der Waals surface area contributed by atoms with Gasteiger partial charge in [-0.3, -0.25) is 4.79 Å². The van der Waals surface area contributed by atoms with Crippen LogP contribution in [0.2, 0.25) is 5.02 Å². The Kier molecular flexibility index (Phi) is 6.65. The van der Waals surface area contributed by atoms with E-state index in [1.165, 1.54) is 28.6 Å². The second-order valence-corrected chi connectivity index (χ2v) is 10.6. The van der Waals surface area contributed by atoms with Crippen LogP contribution in [0, 0.1) is 5.82 Å². The first-order chi connectivity index (χ1) is 14.9. The topological polar surface area (TPSA) is 57.7 Å². The van der Waals surface area contributed by atoms with Crippen molar-refractivity contribution in [2.45, 2.75) is 49.5 Å². The van der Waals surface area contributed by atoms with Crippen molar-refractivity contribution < 1.29 is 17.6 Å². The number of benzene rings is 2. The van der Waals surface area contributed by atoms with Crippen LogP contribution >= 0.6 is 11.6 Å². The second-order valence-electron chi connectivity index (χ2n) is 8.24. The molecule has 1 amide bonds. The highest BCUT2D eigenvalue weighted by Crippen LogP contribution is 2.30. The van der Waals surface area contributed by atoms with E-state index in [0.29, 0.717) is 31.6 Å². The first kappa shape index (κ1) is 22.2. The number of carbonyl (C=O) groups excluding carboxylic acids is 1. The lowest BCUT2D eigenvalue weighted by Crippen LogP contribution is -2.37. The number of hydrogen-bond donors (Lipinski definition) is 0. The molecule has 0 aliphatic carbocycles. The summed E-state index contributed by atoms with van der Waals surface area (Å²) in [6.45, 7) is 1.53. The molecule has 1 unspecified atom stereocenters. The SMILES string of the molecule is O=C(c1ccc(Cl)c(S(=O)(=O)N2CCCCC2)c1)N1CCCC1Cc1cccc(F)c1. The second kappa shape index (κ2) is 9.27. The van der Waals surface area contributed by atoms with Gasteiger partial charge in [-0.25, -0.2) is 12.8 Å². The maximum Gasteiger partial charge on any atom is 0.254 e. The molecule has 1 atom stereocenters. The normalized spacial score (nSPS) is 20.2. The number of carbonyl (C=O) groups is 1. The molecule has 0 radical (unpaired) electrons. The Balaban J connectivity index is 1.57. The predicted molar refractivity (Wildman–Crippen MR) is 118 cm³/mol. The molecule has 0 N–H and O–H groups in total. The van der Waals surface area contributed by atoms with Crippen LogP contribution in [0.1, 0.15) is 48.0 Å². The van der Waals surface area contributed by atoms with Crippen molar-refractivity contribution in [3.63, 3.8) is 0 Å². The summed E-state index contributed by atoms with van der Waals surface area (Å²) in [7, 11) is -3.75. The van der Waals surface area contributed by atoms with Gasteiger partial charge in [-0.2, -0.15) is 4.31 Å². The Labute approximate surface area is 187 Å². The van der Waals surface area contributed by atoms with E-state index in [2.05, 4.69) is 0 Å². The lowest BCUT2D eigenvalue weighted by atomic mass is 10.0. The van der Waals surface area contributed by atoms with Crippen LogP contribution in [0.25, 0.3) is 0 Å². The zero-order chi connectivity index (χ0) is 22.0. The first-order valence-corrected chi connectivity index (χ1v) is 12.5. The van der Waals surface area contributed by atoms with E-state index in [-0.39, 0.29) is 27.7 Å². The molecule has 31 heavy (non-hydrogen) atoms. The van der Waals surface area contributed by atoms with Crippen molar-refractivity contribution in [2.75, 3.05) is 19.6 Å². The molecule has 0 bridgehead atoms. The third kappa shape index (κ3) is 4.78. The number of hydrogen-bond acceptors (Lipinski definition) is 3. The third-order valence-electron chi connectivity index (χ3n) is 6.11. The quantitative estimate of drug-likeness (QED) is 0.654. The monoisotopic (exact) mass is 464 g/mol. The Hall–Kier alpha value is -1.96. The molecule has 2 aromatic rings. The molecular formula is C23H26ClFN2O3S. The van der Waals surface area contributed by atoms with Crippen LogP contribution in [0.15, 0.2) is 47.4 Å². The summed E-state index contributed by atoms with van der Waals surface area (Å²) < 4.78 is 41.3. The van der Waals surface area contributed by atoms with Crippen LogP contribution in [0.5, 0.6) is 0 Å². The Bertz CT molecular complexity index is 1070. The third-order valence-corrected chi connectivity index (χ3v) is 8.49. The summed E-state index contributed by atoms with van der Waals surface area (Å²) in [6.07, 6.45) is 4.92. The number of rotatable bonds is 5. The van der Waals surface area contributed by atoms with Crippen LogP contribution < -0.4 is 0 Å². The van der Waals surface area contributed by atoms with Gasteiger partial charge in [-0.1, -0.05) is 30.2 Å². The summed E-state index contributed by atoms with van der Waals surface area (Å²) in [5, 5.41) is 0.125. The van der Waals surface area contributed by atoms with Gasteiger partial charge in [0, 0.05) is 31.2 Å². The summed E-state index contributed by atoms with van der Waals surface area (Å²) in [4.78, 5) is 15.0. The molecule has 2 saturated heterocycles. The van der Waals surface area contributed by atoms with Gasteiger partial charge in [-0.05, 0) is 68.0 Å². The van der Waals surface area contributed by atoms with Gasteiger partial charge >= 0.3 is 0 Å². The fourth-order valence-corrected chi connectivity index (χ4v) is 6.51. The van der Waals surface area contributed by atoms with Crippen molar-refractivity contribution in [1.82, 2.24) is 9.21 Å². The van der Waals surface area contributed by atoms with Gasteiger partial charge < -0.3 is 4.90 Å². The zero-order valence-corrected chi connectivity index (χ0v) is 18.8. The van der Waals surface area contributed by atoms with Gasteiger partial charge in [0.1, 0.15) is 10.7 Å². The summed E-state index contributed by atoms with van der Waals surface area (Å²) in [6, 6.07) is 10.9. The number of nitrogens with zero attached hydrogens (tertiary/aromatic N) is 2. The molecule has 5 nitrogen and oxygen atoms in total. The molecular weight excluding hydrogens is 439 g/mol. The number of sulfonamides is 1. The smallest absolute Gasteiger partial charge is 0.254 e. The lowest BCUT2D eigenvalue weighted by molar-refractivity contribution is 0.0736. The van der Waals surface area contributed by atoms with Gasteiger partial charge in [0.05, 0.1) is 5.02 Å². The van der Waals surface area contributed by atoms with E-state index in [4.69, 9.17) is 11.6 Å². The fraction of sp³-hybridized carbons (Fsp3) is 0.435. The maximum absolute atomic E-state index is 13.6. The molecule has 0 spiro atoms. The van der Waals surface area contributed by atoms with Crippen molar-refractivity contribution in [3.05, 3.63) is 64.4 Å². The summed E-state index contributed by atoms with van der Waals surface area (Å²) in [5.74, 6) is -0.510. The predicted octanol–water partition coefficient (Wildman–Crippen LogP) is 4.50. The van der Waals surface area contributed by atoms with Crippen LogP contribution in [0.3, 0.4) is 0 Å².